The second-order valence-electron chi connectivity index (χ2n) is 4.55. The van der Waals surface area contributed by atoms with Crippen LogP contribution in [0, 0.1) is 11.7 Å². The summed E-state index contributed by atoms with van der Waals surface area (Å²) in [5.74, 6) is 0.0284. The first-order valence-electron chi connectivity index (χ1n) is 5.88. The molecule has 2 rings (SSSR count). The number of hydrogen-bond donors (Lipinski definition) is 1. The minimum absolute atomic E-state index is 0.114. The van der Waals surface area contributed by atoms with Gasteiger partial charge >= 0.3 is 0 Å². The molecule has 1 N–H and O–H groups in total. The normalized spacial score (nSPS) is 19.3. The maximum absolute atomic E-state index is 13.0. The maximum atomic E-state index is 13.0. The van der Waals surface area contributed by atoms with Gasteiger partial charge in [-0.2, -0.15) is 0 Å². The van der Waals surface area contributed by atoms with Crippen LogP contribution >= 0.6 is 0 Å². The van der Waals surface area contributed by atoms with Gasteiger partial charge in [0, 0.05) is 19.2 Å². The van der Waals surface area contributed by atoms with E-state index in [9.17, 15) is 9.18 Å². The summed E-state index contributed by atoms with van der Waals surface area (Å²) in [4.78, 5) is 13.7. The number of carbonyl (C=O) groups is 1. The molecule has 0 aromatic heterocycles. The lowest BCUT2D eigenvalue weighted by molar-refractivity contribution is 0.0775. The van der Waals surface area contributed by atoms with Gasteiger partial charge in [0.25, 0.3) is 5.91 Å². The number of nitrogens with zero attached hydrogens (tertiary/aromatic N) is 1. The van der Waals surface area contributed by atoms with Gasteiger partial charge in [0.15, 0.2) is 0 Å². The topological polar surface area (TPSA) is 32.3 Å². The van der Waals surface area contributed by atoms with E-state index >= 15 is 0 Å². The van der Waals surface area contributed by atoms with Gasteiger partial charge < -0.3 is 10.2 Å². The first kappa shape index (κ1) is 12.0. The smallest absolute Gasteiger partial charge is 0.253 e. The van der Waals surface area contributed by atoms with Crippen molar-refractivity contribution >= 4 is 5.91 Å². The molecule has 0 aliphatic carbocycles. The Hall–Kier alpha value is -1.42. The first-order valence-corrected chi connectivity index (χ1v) is 5.88. The lowest BCUT2D eigenvalue weighted by Gasteiger charge is -2.20. The number of nitrogens with one attached hydrogen (secondary N) is 1. The summed E-state index contributed by atoms with van der Waals surface area (Å²) in [7, 11) is 1.77. The van der Waals surface area contributed by atoms with Crippen molar-refractivity contribution in [3.63, 3.8) is 0 Å². The van der Waals surface area contributed by atoms with Crippen LogP contribution in [-0.4, -0.2) is 37.5 Å². The van der Waals surface area contributed by atoms with Crippen molar-refractivity contribution in [1.82, 2.24) is 10.2 Å². The van der Waals surface area contributed by atoms with Crippen LogP contribution in [0.4, 0.5) is 4.39 Å². The highest BCUT2D eigenvalue weighted by molar-refractivity contribution is 5.94. The molecule has 92 valence electrons. The molecular formula is C13H17FN2O. The molecule has 1 heterocycles. The van der Waals surface area contributed by atoms with E-state index in [0.717, 1.165) is 26.1 Å². The Morgan fingerprint density at radius 3 is 3.06 bits per heavy atom. The second-order valence-corrected chi connectivity index (χ2v) is 4.55. The Kier molecular flexibility index (Phi) is 3.74. The summed E-state index contributed by atoms with van der Waals surface area (Å²) in [6, 6.07) is 5.84. The van der Waals surface area contributed by atoms with E-state index in [1.54, 1.807) is 24.1 Å². The molecule has 3 nitrogen and oxygen atoms in total. The summed E-state index contributed by atoms with van der Waals surface area (Å²) in [6.45, 7) is 2.70. The number of amides is 1. The molecule has 0 spiro atoms. The van der Waals surface area contributed by atoms with E-state index in [2.05, 4.69) is 5.32 Å². The number of carbonyl (C=O) groups excluding carboxylic acids is 1. The molecule has 1 amide bonds. The molecule has 1 atom stereocenters. The Balaban J connectivity index is 1.98. The summed E-state index contributed by atoms with van der Waals surface area (Å²) < 4.78 is 13.0. The van der Waals surface area contributed by atoms with Gasteiger partial charge in [0.05, 0.1) is 0 Å². The molecule has 4 heteroatoms. The van der Waals surface area contributed by atoms with Crippen LogP contribution < -0.4 is 5.32 Å². The number of benzene rings is 1. The zero-order valence-corrected chi connectivity index (χ0v) is 9.95. The van der Waals surface area contributed by atoms with Gasteiger partial charge in [-0.15, -0.1) is 0 Å². The molecule has 1 aliphatic rings. The molecule has 1 aromatic rings. The van der Waals surface area contributed by atoms with E-state index in [0.29, 0.717) is 11.5 Å². The molecular weight excluding hydrogens is 219 g/mol. The molecule has 1 aromatic carbocycles. The monoisotopic (exact) mass is 236 g/mol. The Morgan fingerprint density at radius 2 is 2.41 bits per heavy atom. The Bertz CT molecular complexity index is 402. The highest BCUT2D eigenvalue weighted by Gasteiger charge is 2.20. The van der Waals surface area contributed by atoms with Crippen LogP contribution in [0.15, 0.2) is 24.3 Å². The third-order valence-corrected chi connectivity index (χ3v) is 3.11. The molecule has 1 fully saturated rings. The Labute approximate surface area is 101 Å². The molecule has 0 bridgehead atoms. The zero-order valence-electron chi connectivity index (χ0n) is 9.95. The highest BCUT2D eigenvalue weighted by atomic mass is 19.1. The van der Waals surface area contributed by atoms with Crippen LogP contribution in [0.25, 0.3) is 0 Å². The van der Waals surface area contributed by atoms with E-state index in [1.165, 1.54) is 12.1 Å². The van der Waals surface area contributed by atoms with Crippen molar-refractivity contribution in [2.24, 2.45) is 5.92 Å². The predicted octanol–water partition coefficient (Wildman–Crippen LogP) is 1.51. The molecule has 0 saturated carbocycles. The average molecular weight is 236 g/mol. The minimum atomic E-state index is -0.369. The summed E-state index contributed by atoms with van der Waals surface area (Å²) in [5, 5.41) is 3.27. The second kappa shape index (κ2) is 5.27. The zero-order chi connectivity index (χ0) is 12.3. The molecule has 1 saturated heterocycles. The highest BCUT2D eigenvalue weighted by Crippen LogP contribution is 2.12. The van der Waals surface area contributed by atoms with Gasteiger partial charge in [-0.3, -0.25) is 4.79 Å². The molecule has 1 aliphatic heterocycles. The van der Waals surface area contributed by atoms with Gasteiger partial charge in [0.1, 0.15) is 5.82 Å². The third kappa shape index (κ3) is 3.03. The van der Waals surface area contributed by atoms with E-state index in [1.807, 2.05) is 0 Å². The fourth-order valence-corrected chi connectivity index (χ4v) is 2.18. The SMILES string of the molecule is CN(CC1CCNC1)C(=O)c1cccc(F)c1. The van der Waals surface area contributed by atoms with Crippen molar-refractivity contribution in [3.8, 4) is 0 Å². The largest absolute Gasteiger partial charge is 0.341 e. The van der Waals surface area contributed by atoms with Crippen LogP contribution in [0.1, 0.15) is 16.8 Å². The van der Waals surface area contributed by atoms with Crippen molar-refractivity contribution in [1.29, 1.82) is 0 Å². The average Bonchev–Trinajstić information content (AvgIpc) is 2.80. The summed E-state index contributed by atoms with van der Waals surface area (Å²) in [5.41, 5.74) is 0.415. The van der Waals surface area contributed by atoms with E-state index < -0.39 is 0 Å². The maximum Gasteiger partial charge on any atom is 0.253 e. The number of hydrogen-bond acceptors (Lipinski definition) is 2. The summed E-state index contributed by atoms with van der Waals surface area (Å²) >= 11 is 0. The lowest BCUT2D eigenvalue weighted by Crippen LogP contribution is -2.32. The lowest BCUT2D eigenvalue weighted by atomic mass is 10.1. The molecule has 1 unspecified atom stereocenters. The van der Waals surface area contributed by atoms with Crippen LogP contribution in [0.5, 0.6) is 0 Å². The first-order chi connectivity index (χ1) is 8.16. The molecule has 0 radical (unpaired) electrons. The predicted molar refractivity (Wildman–Crippen MR) is 64.3 cm³/mol. The van der Waals surface area contributed by atoms with Gasteiger partial charge in [0.2, 0.25) is 0 Å². The van der Waals surface area contributed by atoms with E-state index in [4.69, 9.17) is 0 Å². The van der Waals surface area contributed by atoms with Gasteiger partial charge in [-0.1, -0.05) is 6.07 Å². The van der Waals surface area contributed by atoms with Crippen LogP contribution in [0.3, 0.4) is 0 Å². The van der Waals surface area contributed by atoms with Crippen molar-refractivity contribution in [2.75, 3.05) is 26.7 Å². The summed E-state index contributed by atoms with van der Waals surface area (Å²) in [6.07, 6.45) is 1.10. The third-order valence-electron chi connectivity index (χ3n) is 3.11. The number of halogens is 1. The fourth-order valence-electron chi connectivity index (χ4n) is 2.18. The van der Waals surface area contributed by atoms with Crippen LogP contribution in [0.2, 0.25) is 0 Å². The fraction of sp³-hybridized carbons (Fsp3) is 0.462. The van der Waals surface area contributed by atoms with E-state index in [-0.39, 0.29) is 11.7 Å². The van der Waals surface area contributed by atoms with Crippen molar-refractivity contribution in [2.45, 2.75) is 6.42 Å². The number of rotatable bonds is 3. The standard InChI is InChI=1S/C13H17FN2O/c1-16(9-10-5-6-15-8-10)13(17)11-3-2-4-12(14)7-11/h2-4,7,10,15H,5-6,8-9H2,1H3. The van der Waals surface area contributed by atoms with Crippen LogP contribution in [-0.2, 0) is 0 Å². The van der Waals surface area contributed by atoms with Gasteiger partial charge in [-0.05, 0) is 43.6 Å². The van der Waals surface area contributed by atoms with Crippen molar-refractivity contribution in [3.05, 3.63) is 35.6 Å². The quantitative estimate of drug-likeness (QED) is 0.862. The van der Waals surface area contributed by atoms with Crippen molar-refractivity contribution < 1.29 is 9.18 Å². The minimum Gasteiger partial charge on any atom is -0.341 e. The Morgan fingerprint density at radius 1 is 1.59 bits per heavy atom. The van der Waals surface area contributed by atoms with Gasteiger partial charge in [-0.25, -0.2) is 4.39 Å². The molecule has 17 heavy (non-hydrogen) atoms.